The number of aliphatic hydroxyl groups excluding tert-OH is 10. The quantitative estimate of drug-likeness (QED) is 0.0383. The third-order valence-corrected chi connectivity index (χ3v) is 11.9. The van der Waals surface area contributed by atoms with Crippen LogP contribution in [0.3, 0.4) is 0 Å². The SMILES string of the molecule is CCCCCCCCC(O)C(CCCCCCCC(=O)C(CCO)CCOC1OC(CO)C(O)C(O)C1O)CCCOCCOCCOCCOC1OC(CO)C(O)C(O)C1O. The minimum atomic E-state index is -1.54. The molecular formula is C44H84O18. The molecule has 0 aliphatic carbocycles. The number of hydrogen-bond acceptors (Lipinski definition) is 18. The van der Waals surface area contributed by atoms with Gasteiger partial charge in [0.1, 0.15) is 54.6 Å². The molecule has 18 heteroatoms. The second kappa shape index (κ2) is 35.2. The van der Waals surface area contributed by atoms with Gasteiger partial charge < -0.3 is 84.2 Å². The standard InChI is InChI=1S/C44H84O18/c1-2-3-4-5-8-11-16-33(48)31(15-13-21-56-23-24-57-25-26-58-27-28-60-44-42(55)40(53)38(51)36(30-47)62-44)14-10-7-6-9-12-17-34(49)32(18-20-45)19-22-59-43-41(54)39(52)37(50)35(29-46)61-43/h31-33,35-48,50-55H,2-30H2,1H3. The van der Waals surface area contributed by atoms with Crippen LogP contribution in [-0.2, 0) is 38.0 Å². The van der Waals surface area contributed by atoms with Gasteiger partial charge in [-0.15, -0.1) is 0 Å². The van der Waals surface area contributed by atoms with Crippen molar-refractivity contribution < 1.29 is 89.0 Å². The molecule has 13 unspecified atom stereocenters. The zero-order chi connectivity index (χ0) is 45.5. The summed E-state index contributed by atoms with van der Waals surface area (Å²) in [5.74, 6) is -0.196. The summed E-state index contributed by atoms with van der Waals surface area (Å²) in [5.41, 5.74) is 0. The van der Waals surface area contributed by atoms with Crippen LogP contribution < -0.4 is 0 Å². The lowest BCUT2D eigenvalue weighted by atomic mass is 9.88. The topological polar surface area (TPSA) is 284 Å². The van der Waals surface area contributed by atoms with Crippen molar-refractivity contribution in [3.63, 3.8) is 0 Å². The molecule has 13 atom stereocenters. The number of carbonyl (C=O) groups excluding carboxylic acids is 1. The third-order valence-electron chi connectivity index (χ3n) is 11.9. The molecule has 2 aliphatic heterocycles. The van der Waals surface area contributed by atoms with Crippen molar-refractivity contribution in [3.8, 4) is 0 Å². The Balaban J connectivity index is 1.60. The van der Waals surface area contributed by atoms with E-state index in [4.69, 9.17) is 33.2 Å². The molecule has 0 aromatic rings. The summed E-state index contributed by atoms with van der Waals surface area (Å²) in [5, 5.41) is 99.2. The van der Waals surface area contributed by atoms with Crippen molar-refractivity contribution in [2.75, 3.05) is 72.7 Å². The molecule has 2 saturated heterocycles. The summed E-state index contributed by atoms with van der Waals surface area (Å²) in [6.07, 6.45) is 2.23. The highest BCUT2D eigenvalue weighted by Crippen LogP contribution is 2.26. The maximum Gasteiger partial charge on any atom is 0.186 e. The van der Waals surface area contributed by atoms with Crippen LogP contribution in [0.4, 0.5) is 0 Å². The number of Topliss-reactive ketones (excluding diaryl/α,β-unsaturated/α-hetero) is 1. The van der Waals surface area contributed by atoms with Crippen molar-refractivity contribution in [1.82, 2.24) is 0 Å². The van der Waals surface area contributed by atoms with Crippen molar-refractivity contribution in [2.45, 2.75) is 190 Å². The van der Waals surface area contributed by atoms with E-state index in [-0.39, 0.29) is 50.7 Å². The molecule has 0 saturated carbocycles. The van der Waals surface area contributed by atoms with E-state index < -0.39 is 80.5 Å². The van der Waals surface area contributed by atoms with Crippen molar-refractivity contribution >= 4 is 5.78 Å². The number of ether oxygens (including phenoxy) is 7. The van der Waals surface area contributed by atoms with E-state index >= 15 is 0 Å². The number of rotatable bonds is 39. The minimum Gasteiger partial charge on any atom is -0.396 e. The van der Waals surface area contributed by atoms with Gasteiger partial charge >= 0.3 is 0 Å². The van der Waals surface area contributed by atoms with E-state index in [0.29, 0.717) is 45.9 Å². The molecule has 0 aromatic carbocycles. The van der Waals surface area contributed by atoms with Crippen LogP contribution in [0.15, 0.2) is 0 Å². The number of aliphatic hydroxyl groups is 10. The van der Waals surface area contributed by atoms with Gasteiger partial charge in [0.2, 0.25) is 0 Å². The highest BCUT2D eigenvalue weighted by Gasteiger charge is 2.45. The summed E-state index contributed by atoms with van der Waals surface area (Å²) in [6, 6.07) is 0. The zero-order valence-electron chi connectivity index (χ0n) is 37.2. The number of carbonyl (C=O) groups is 1. The predicted molar refractivity (Wildman–Crippen MR) is 226 cm³/mol. The first-order valence-electron chi connectivity index (χ1n) is 23.4. The first kappa shape index (κ1) is 57.1. The Kier molecular flexibility index (Phi) is 32.4. The van der Waals surface area contributed by atoms with Gasteiger partial charge in [-0.1, -0.05) is 71.1 Å². The van der Waals surface area contributed by atoms with Crippen LogP contribution >= 0.6 is 0 Å². The van der Waals surface area contributed by atoms with Gasteiger partial charge in [0.05, 0.1) is 65.6 Å². The van der Waals surface area contributed by atoms with Crippen molar-refractivity contribution in [3.05, 3.63) is 0 Å². The highest BCUT2D eigenvalue weighted by atomic mass is 16.7. The molecule has 2 fully saturated rings. The molecule has 0 aromatic heterocycles. The summed E-state index contributed by atoms with van der Waals surface area (Å²) in [7, 11) is 0. The van der Waals surface area contributed by atoms with Crippen LogP contribution in [0.2, 0.25) is 0 Å². The Morgan fingerprint density at radius 1 is 0.500 bits per heavy atom. The number of ketones is 1. The lowest BCUT2D eigenvalue weighted by Crippen LogP contribution is -2.59. The Morgan fingerprint density at radius 2 is 0.968 bits per heavy atom. The first-order valence-corrected chi connectivity index (χ1v) is 23.4. The lowest BCUT2D eigenvalue weighted by Gasteiger charge is -2.39. The molecule has 0 amide bonds. The molecule has 2 aliphatic rings. The zero-order valence-corrected chi connectivity index (χ0v) is 37.2. The highest BCUT2D eigenvalue weighted by molar-refractivity contribution is 5.80. The fourth-order valence-electron chi connectivity index (χ4n) is 7.91. The summed E-state index contributed by atoms with van der Waals surface area (Å²) < 4.78 is 38.5. The van der Waals surface area contributed by atoms with Crippen molar-refractivity contribution in [1.29, 1.82) is 0 Å². The number of unbranched alkanes of at least 4 members (excludes halogenated alkanes) is 9. The molecule has 0 bridgehead atoms. The fraction of sp³-hybridized carbons (Fsp3) is 0.977. The van der Waals surface area contributed by atoms with Crippen LogP contribution in [0.5, 0.6) is 0 Å². The van der Waals surface area contributed by atoms with Gasteiger partial charge in [0, 0.05) is 25.6 Å². The van der Waals surface area contributed by atoms with Crippen LogP contribution in [0.25, 0.3) is 0 Å². The fourth-order valence-corrected chi connectivity index (χ4v) is 7.91. The molecule has 10 N–H and O–H groups in total. The largest absolute Gasteiger partial charge is 0.396 e. The molecule has 0 radical (unpaired) electrons. The Hall–Kier alpha value is -1.01. The molecule has 18 nitrogen and oxygen atoms in total. The predicted octanol–water partition coefficient (Wildman–Crippen LogP) is 0.866. The van der Waals surface area contributed by atoms with Gasteiger partial charge in [-0.3, -0.25) is 4.79 Å². The van der Waals surface area contributed by atoms with Gasteiger partial charge in [0.15, 0.2) is 12.6 Å². The Labute approximate surface area is 368 Å². The van der Waals surface area contributed by atoms with Gasteiger partial charge in [0.25, 0.3) is 0 Å². The second-order valence-electron chi connectivity index (χ2n) is 16.8. The van der Waals surface area contributed by atoms with Crippen LogP contribution in [0, 0.1) is 11.8 Å². The van der Waals surface area contributed by atoms with Gasteiger partial charge in [-0.2, -0.15) is 0 Å². The number of hydrogen-bond donors (Lipinski definition) is 10. The van der Waals surface area contributed by atoms with Gasteiger partial charge in [-0.05, 0) is 50.9 Å². The van der Waals surface area contributed by atoms with E-state index in [1.165, 1.54) is 25.7 Å². The molecular weight excluding hydrogens is 816 g/mol. The summed E-state index contributed by atoms with van der Waals surface area (Å²) >= 11 is 0. The molecule has 2 rings (SSSR count). The van der Waals surface area contributed by atoms with Crippen LogP contribution in [-0.4, -0.2) is 197 Å². The summed E-state index contributed by atoms with van der Waals surface area (Å²) in [6.45, 7) is 3.33. The average molecular weight is 901 g/mol. The van der Waals surface area contributed by atoms with E-state index in [9.17, 15) is 55.9 Å². The molecule has 368 valence electrons. The molecule has 0 spiro atoms. The first-order chi connectivity index (χ1) is 30.0. The average Bonchev–Trinajstić information content (AvgIpc) is 3.27. The second-order valence-corrected chi connectivity index (χ2v) is 16.8. The Morgan fingerprint density at radius 3 is 1.52 bits per heavy atom. The van der Waals surface area contributed by atoms with E-state index in [1.807, 2.05) is 0 Å². The normalized spacial score (nSPS) is 28.2. The van der Waals surface area contributed by atoms with Gasteiger partial charge in [-0.25, -0.2) is 0 Å². The van der Waals surface area contributed by atoms with Crippen molar-refractivity contribution in [2.24, 2.45) is 11.8 Å². The maximum absolute atomic E-state index is 13.0. The summed E-state index contributed by atoms with van der Waals surface area (Å²) in [4.78, 5) is 13.0. The monoisotopic (exact) mass is 901 g/mol. The molecule has 62 heavy (non-hydrogen) atoms. The van der Waals surface area contributed by atoms with Crippen LogP contribution in [0.1, 0.15) is 122 Å². The van der Waals surface area contributed by atoms with E-state index in [1.54, 1.807) is 0 Å². The third kappa shape index (κ3) is 22.5. The lowest BCUT2D eigenvalue weighted by molar-refractivity contribution is -0.302. The maximum atomic E-state index is 13.0. The van der Waals surface area contributed by atoms with E-state index in [0.717, 1.165) is 70.6 Å². The molecule has 2 heterocycles. The smallest absolute Gasteiger partial charge is 0.186 e. The van der Waals surface area contributed by atoms with E-state index in [2.05, 4.69) is 6.92 Å². The minimum absolute atomic E-state index is 0.0310. The Bertz CT molecular complexity index is 1070.